The van der Waals surface area contributed by atoms with Gasteiger partial charge in [-0.1, -0.05) is 11.6 Å². The number of nitrogens with one attached hydrogen (secondary N) is 1. The van der Waals surface area contributed by atoms with E-state index in [4.69, 9.17) is 17.3 Å². The number of nitrogen functional groups attached to an aromatic ring is 1. The van der Waals surface area contributed by atoms with Crippen molar-refractivity contribution in [2.45, 2.75) is 6.42 Å². The van der Waals surface area contributed by atoms with Crippen molar-refractivity contribution < 1.29 is 4.79 Å². The van der Waals surface area contributed by atoms with Crippen LogP contribution in [-0.2, 0) is 13.5 Å². The second-order valence-corrected chi connectivity index (χ2v) is 4.61. The van der Waals surface area contributed by atoms with Crippen LogP contribution in [-0.4, -0.2) is 22.0 Å². The van der Waals surface area contributed by atoms with Gasteiger partial charge in [0.15, 0.2) is 0 Å². The lowest BCUT2D eigenvalue weighted by molar-refractivity contribution is 0.0954. The van der Waals surface area contributed by atoms with Crippen molar-refractivity contribution in [3.63, 3.8) is 0 Å². The van der Waals surface area contributed by atoms with E-state index in [0.29, 0.717) is 29.2 Å². The molecule has 3 N–H and O–H groups in total. The zero-order valence-corrected chi connectivity index (χ0v) is 11.3. The van der Waals surface area contributed by atoms with Crippen molar-refractivity contribution in [2.24, 2.45) is 7.05 Å². The van der Waals surface area contributed by atoms with E-state index in [2.05, 4.69) is 10.3 Å². The van der Waals surface area contributed by atoms with Crippen LogP contribution in [0.1, 0.15) is 16.2 Å². The topological polar surface area (TPSA) is 72.9 Å². The van der Waals surface area contributed by atoms with Gasteiger partial charge in [0.25, 0.3) is 5.91 Å². The Morgan fingerprint density at radius 3 is 2.95 bits per heavy atom. The zero-order chi connectivity index (χ0) is 13.8. The maximum absolute atomic E-state index is 11.9. The lowest BCUT2D eigenvalue weighted by Crippen LogP contribution is -2.26. The fourth-order valence-corrected chi connectivity index (χ4v) is 2.01. The van der Waals surface area contributed by atoms with Crippen molar-refractivity contribution in [1.82, 2.24) is 14.9 Å². The Balaban J connectivity index is 1.93. The van der Waals surface area contributed by atoms with Gasteiger partial charge in [-0.3, -0.25) is 4.79 Å². The highest BCUT2D eigenvalue weighted by Crippen LogP contribution is 2.18. The molecule has 2 aromatic rings. The molecule has 0 aliphatic rings. The Hall–Kier alpha value is -2.01. The Labute approximate surface area is 116 Å². The first-order chi connectivity index (χ1) is 9.08. The molecule has 6 heteroatoms. The van der Waals surface area contributed by atoms with Crippen LogP contribution in [0, 0.1) is 0 Å². The summed E-state index contributed by atoms with van der Waals surface area (Å²) in [6, 6.07) is 4.84. The summed E-state index contributed by atoms with van der Waals surface area (Å²) in [5, 5.41) is 3.16. The van der Waals surface area contributed by atoms with Gasteiger partial charge < -0.3 is 15.6 Å². The smallest absolute Gasteiger partial charge is 0.252 e. The summed E-state index contributed by atoms with van der Waals surface area (Å²) in [6.45, 7) is 0.504. The molecule has 1 amide bonds. The van der Waals surface area contributed by atoms with E-state index >= 15 is 0 Å². The maximum atomic E-state index is 11.9. The summed E-state index contributed by atoms with van der Waals surface area (Å²) in [5.74, 6) is 0.711. The number of amides is 1. The molecule has 1 aromatic heterocycles. The maximum Gasteiger partial charge on any atom is 0.252 e. The van der Waals surface area contributed by atoms with Crippen molar-refractivity contribution in [2.75, 3.05) is 12.3 Å². The van der Waals surface area contributed by atoms with E-state index in [1.165, 1.54) is 0 Å². The van der Waals surface area contributed by atoms with Crippen molar-refractivity contribution >= 4 is 23.2 Å². The van der Waals surface area contributed by atoms with Crippen molar-refractivity contribution in [3.05, 3.63) is 47.0 Å². The monoisotopic (exact) mass is 278 g/mol. The van der Waals surface area contributed by atoms with Gasteiger partial charge in [-0.2, -0.15) is 0 Å². The van der Waals surface area contributed by atoms with E-state index in [0.717, 1.165) is 5.82 Å². The first kappa shape index (κ1) is 13.4. The molecule has 0 unspecified atom stereocenters. The van der Waals surface area contributed by atoms with E-state index in [9.17, 15) is 4.79 Å². The van der Waals surface area contributed by atoms with Crippen LogP contribution in [0.2, 0.25) is 5.02 Å². The Morgan fingerprint density at radius 2 is 2.32 bits per heavy atom. The summed E-state index contributed by atoms with van der Waals surface area (Å²) in [6.07, 6.45) is 4.27. The van der Waals surface area contributed by atoms with Gasteiger partial charge >= 0.3 is 0 Å². The van der Waals surface area contributed by atoms with E-state index < -0.39 is 0 Å². The molecule has 19 heavy (non-hydrogen) atoms. The third-order valence-corrected chi connectivity index (χ3v) is 3.11. The van der Waals surface area contributed by atoms with E-state index in [-0.39, 0.29) is 5.91 Å². The molecule has 0 saturated heterocycles. The number of rotatable bonds is 4. The van der Waals surface area contributed by atoms with Crippen LogP contribution in [0.25, 0.3) is 0 Å². The molecule has 100 valence electrons. The minimum Gasteiger partial charge on any atom is -0.399 e. The normalized spacial score (nSPS) is 10.4. The van der Waals surface area contributed by atoms with Crippen LogP contribution >= 0.6 is 11.6 Å². The lowest BCUT2D eigenvalue weighted by atomic mass is 10.2. The number of carbonyl (C=O) groups is 1. The molecule has 0 saturated carbocycles. The van der Waals surface area contributed by atoms with Gasteiger partial charge in [-0.25, -0.2) is 4.98 Å². The summed E-state index contributed by atoms with van der Waals surface area (Å²) in [7, 11) is 1.92. The first-order valence-electron chi connectivity index (χ1n) is 5.87. The molecule has 0 atom stereocenters. The Kier molecular flexibility index (Phi) is 4.06. The van der Waals surface area contributed by atoms with E-state index in [1.807, 2.05) is 17.8 Å². The van der Waals surface area contributed by atoms with E-state index in [1.54, 1.807) is 24.4 Å². The van der Waals surface area contributed by atoms with Crippen LogP contribution in [0.5, 0.6) is 0 Å². The molecule has 0 spiro atoms. The van der Waals surface area contributed by atoms with Crippen LogP contribution in [0.15, 0.2) is 30.6 Å². The van der Waals surface area contributed by atoms with Crippen LogP contribution < -0.4 is 11.1 Å². The van der Waals surface area contributed by atoms with Gasteiger partial charge in [0.05, 0.1) is 10.6 Å². The molecule has 1 heterocycles. The minimum absolute atomic E-state index is 0.209. The predicted molar refractivity (Wildman–Crippen MR) is 75.1 cm³/mol. The first-order valence-corrected chi connectivity index (χ1v) is 6.25. The Morgan fingerprint density at radius 1 is 1.53 bits per heavy atom. The van der Waals surface area contributed by atoms with Gasteiger partial charge in [0, 0.05) is 38.1 Å². The number of halogens is 1. The van der Waals surface area contributed by atoms with Crippen LogP contribution in [0.3, 0.4) is 0 Å². The molecule has 1 aromatic carbocycles. The quantitative estimate of drug-likeness (QED) is 0.835. The highest BCUT2D eigenvalue weighted by molar-refractivity contribution is 6.34. The number of nitrogens with two attached hydrogens (primary N) is 1. The number of hydrogen-bond acceptors (Lipinski definition) is 3. The molecular formula is C13H15ClN4O. The number of hydrogen-bond donors (Lipinski definition) is 2. The number of imidazole rings is 1. The standard InChI is InChI=1S/C13H15ClN4O/c1-18-7-6-16-12(18)4-5-17-13(19)10-3-2-9(15)8-11(10)14/h2-3,6-8H,4-5,15H2,1H3,(H,17,19). The summed E-state index contributed by atoms with van der Waals surface area (Å²) >= 11 is 5.97. The predicted octanol–water partition coefficient (Wildman–Crippen LogP) is 1.63. The number of anilines is 1. The second kappa shape index (κ2) is 5.75. The largest absolute Gasteiger partial charge is 0.399 e. The fraction of sp³-hybridized carbons (Fsp3) is 0.231. The highest BCUT2D eigenvalue weighted by Gasteiger charge is 2.10. The number of nitrogens with zero attached hydrogens (tertiary/aromatic N) is 2. The number of aromatic nitrogens is 2. The molecular weight excluding hydrogens is 264 g/mol. The van der Waals surface area contributed by atoms with Crippen molar-refractivity contribution in [3.8, 4) is 0 Å². The number of benzene rings is 1. The van der Waals surface area contributed by atoms with Gasteiger partial charge in [0.1, 0.15) is 5.82 Å². The summed E-state index contributed by atoms with van der Waals surface area (Å²) in [4.78, 5) is 16.1. The Bertz CT molecular complexity index is 594. The van der Waals surface area contributed by atoms with Gasteiger partial charge in [-0.15, -0.1) is 0 Å². The molecule has 0 aliphatic heterocycles. The summed E-state index contributed by atoms with van der Waals surface area (Å²) in [5.41, 5.74) is 6.54. The SMILES string of the molecule is Cn1ccnc1CCNC(=O)c1ccc(N)cc1Cl. The second-order valence-electron chi connectivity index (χ2n) is 4.20. The van der Waals surface area contributed by atoms with Crippen LogP contribution in [0.4, 0.5) is 5.69 Å². The van der Waals surface area contributed by atoms with Crippen molar-refractivity contribution in [1.29, 1.82) is 0 Å². The van der Waals surface area contributed by atoms with Gasteiger partial charge in [-0.05, 0) is 18.2 Å². The highest BCUT2D eigenvalue weighted by atomic mass is 35.5. The van der Waals surface area contributed by atoms with Gasteiger partial charge in [0.2, 0.25) is 0 Å². The molecule has 0 bridgehead atoms. The fourth-order valence-electron chi connectivity index (χ4n) is 1.74. The molecule has 5 nitrogen and oxygen atoms in total. The minimum atomic E-state index is -0.209. The third-order valence-electron chi connectivity index (χ3n) is 2.79. The average Bonchev–Trinajstić information content (AvgIpc) is 2.75. The lowest BCUT2D eigenvalue weighted by Gasteiger charge is -2.07. The number of carbonyl (C=O) groups excluding carboxylic acids is 1. The molecule has 2 rings (SSSR count). The average molecular weight is 279 g/mol. The third kappa shape index (κ3) is 3.26. The molecule has 0 fully saturated rings. The molecule has 0 aliphatic carbocycles. The zero-order valence-electron chi connectivity index (χ0n) is 10.6. The summed E-state index contributed by atoms with van der Waals surface area (Å²) < 4.78 is 1.92. The molecule has 0 radical (unpaired) electrons. The number of aryl methyl sites for hydroxylation is 1.